The summed E-state index contributed by atoms with van der Waals surface area (Å²) in [6.45, 7) is 3.97. The van der Waals surface area contributed by atoms with Crippen molar-refractivity contribution in [3.8, 4) is 11.1 Å². The van der Waals surface area contributed by atoms with Crippen molar-refractivity contribution in [1.82, 2.24) is 14.5 Å². The quantitative estimate of drug-likeness (QED) is 0.677. The molecule has 0 atom stereocenters. The second kappa shape index (κ2) is 4.09. The highest BCUT2D eigenvalue weighted by Gasteiger charge is 2.10. The van der Waals surface area contributed by atoms with E-state index >= 15 is 0 Å². The van der Waals surface area contributed by atoms with Gasteiger partial charge in [-0.05, 0) is 43.7 Å². The molecule has 0 saturated heterocycles. The van der Waals surface area contributed by atoms with Crippen LogP contribution in [0.1, 0.15) is 11.5 Å². The molecule has 0 spiro atoms. The van der Waals surface area contributed by atoms with Crippen LogP contribution in [-0.2, 0) is 7.05 Å². The van der Waals surface area contributed by atoms with E-state index in [1.807, 2.05) is 49.7 Å². The number of anilines is 1. The van der Waals surface area contributed by atoms with Crippen LogP contribution in [0.25, 0.3) is 22.2 Å². The zero-order chi connectivity index (χ0) is 13.6. The lowest BCUT2D eigenvalue weighted by molar-refractivity contribution is 0.886. The lowest BCUT2D eigenvalue weighted by atomic mass is 10.0. The molecule has 2 heterocycles. The largest absolute Gasteiger partial charge is 0.398 e. The van der Waals surface area contributed by atoms with Crippen LogP contribution in [0, 0.1) is 13.8 Å². The molecule has 0 saturated carbocycles. The topological polar surface area (TPSA) is 56.7 Å². The minimum absolute atomic E-state index is 0.765. The molecule has 0 aliphatic heterocycles. The van der Waals surface area contributed by atoms with Crippen LogP contribution in [0.4, 0.5) is 5.69 Å². The van der Waals surface area contributed by atoms with E-state index in [4.69, 9.17) is 5.73 Å². The summed E-state index contributed by atoms with van der Waals surface area (Å²) in [5, 5.41) is 0. The molecule has 96 valence electrons. The molecule has 3 rings (SSSR count). The lowest BCUT2D eigenvalue weighted by Gasteiger charge is -2.07. The van der Waals surface area contributed by atoms with Gasteiger partial charge in [-0.2, -0.15) is 0 Å². The summed E-state index contributed by atoms with van der Waals surface area (Å²) in [6, 6.07) is 8.04. The van der Waals surface area contributed by atoms with Crippen LogP contribution in [0.2, 0.25) is 0 Å². The van der Waals surface area contributed by atoms with E-state index in [1.165, 1.54) is 0 Å². The fraction of sp³-hybridized carbons (Fsp3) is 0.200. The van der Waals surface area contributed by atoms with Crippen LogP contribution in [-0.4, -0.2) is 14.5 Å². The van der Waals surface area contributed by atoms with E-state index in [0.717, 1.165) is 39.4 Å². The number of hydrogen-bond donors (Lipinski definition) is 1. The molecule has 0 amide bonds. The Labute approximate surface area is 111 Å². The number of hydrogen-bond acceptors (Lipinski definition) is 3. The van der Waals surface area contributed by atoms with E-state index in [1.54, 1.807) is 6.20 Å². The maximum atomic E-state index is 6.19. The standard InChI is InChI=1S/C15H16N4/c1-9-6-11(4-5-17-9)12-7-14-15(8-13(12)16)19(3)10(2)18-14/h4-8H,16H2,1-3H3. The molecule has 2 aromatic heterocycles. The zero-order valence-electron chi connectivity index (χ0n) is 11.3. The number of pyridine rings is 1. The zero-order valence-corrected chi connectivity index (χ0v) is 11.3. The molecular weight excluding hydrogens is 236 g/mol. The van der Waals surface area contributed by atoms with Crippen LogP contribution < -0.4 is 5.73 Å². The molecule has 19 heavy (non-hydrogen) atoms. The first-order chi connectivity index (χ1) is 9.06. The van der Waals surface area contributed by atoms with Gasteiger partial charge in [-0.3, -0.25) is 4.98 Å². The van der Waals surface area contributed by atoms with Gasteiger partial charge in [-0.25, -0.2) is 4.98 Å². The van der Waals surface area contributed by atoms with Crippen molar-refractivity contribution in [3.63, 3.8) is 0 Å². The summed E-state index contributed by atoms with van der Waals surface area (Å²) in [4.78, 5) is 8.77. The Morgan fingerprint density at radius 3 is 2.68 bits per heavy atom. The van der Waals surface area contributed by atoms with Gasteiger partial charge < -0.3 is 10.3 Å². The Morgan fingerprint density at radius 1 is 1.16 bits per heavy atom. The molecule has 2 N–H and O–H groups in total. The average molecular weight is 252 g/mol. The summed E-state index contributed by atoms with van der Waals surface area (Å²) in [7, 11) is 2.00. The third-order valence-corrected chi connectivity index (χ3v) is 3.48. The predicted molar refractivity (Wildman–Crippen MR) is 77.8 cm³/mol. The van der Waals surface area contributed by atoms with Gasteiger partial charge >= 0.3 is 0 Å². The van der Waals surface area contributed by atoms with Gasteiger partial charge in [0.05, 0.1) is 11.0 Å². The highest BCUT2D eigenvalue weighted by molar-refractivity contribution is 5.90. The number of rotatable bonds is 1. The first-order valence-electron chi connectivity index (χ1n) is 6.22. The fourth-order valence-corrected chi connectivity index (χ4v) is 2.34. The summed E-state index contributed by atoms with van der Waals surface area (Å²) < 4.78 is 2.05. The van der Waals surface area contributed by atoms with Crippen molar-refractivity contribution in [2.45, 2.75) is 13.8 Å². The number of imidazole rings is 1. The molecule has 0 aliphatic rings. The minimum atomic E-state index is 0.765. The van der Waals surface area contributed by atoms with Gasteiger partial charge in [0.2, 0.25) is 0 Å². The highest BCUT2D eigenvalue weighted by atomic mass is 15.0. The number of nitrogens with zero attached hydrogens (tertiary/aromatic N) is 3. The molecule has 0 fully saturated rings. The molecule has 0 aliphatic carbocycles. The van der Waals surface area contributed by atoms with E-state index < -0.39 is 0 Å². The summed E-state index contributed by atoms with van der Waals surface area (Å²) in [5.74, 6) is 0.984. The second-order valence-electron chi connectivity index (χ2n) is 4.83. The van der Waals surface area contributed by atoms with Gasteiger partial charge in [0.15, 0.2) is 0 Å². The van der Waals surface area contributed by atoms with Crippen LogP contribution in [0.15, 0.2) is 30.5 Å². The van der Waals surface area contributed by atoms with E-state index in [2.05, 4.69) is 9.97 Å². The van der Waals surface area contributed by atoms with Crippen LogP contribution in [0.5, 0.6) is 0 Å². The monoisotopic (exact) mass is 252 g/mol. The average Bonchev–Trinajstić information content (AvgIpc) is 2.65. The number of aromatic nitrogens is 3. The molecular formula is C15H16N4. The summed E-state index contributed by atoms with van der Waals surface area (Å²) in [6.07, 6.45) is 1.80. The maximum absolute atomic E-state index is 6.19. The molecule has 1 aromatic carbocycles. The van der Waals surface area contributed by atoms with Crippen LogP contribution in [0.3, 0.4) is 0 Å². The van der Waals surface area contributed by atoms with Crippen molar-refractivity contribution in [3.05, 3.63) is 42.0 Å². The molecule has 3 aromatic rings. The van der Waals surface area contributed by atoms with Crippen molar-refractivity contribution in [2.75, 3.05) is 5.73 Å². The van der Waals surface area contributed by atoms with E-state index in [0.29, 0.717) is 0 Å². The first kappa shape index (κ1) is 11.7. The number of nitrogen functional groups attached to an aromatic ring is 1. The summed E-state index contributed by atoms with van der Waals surface area (Å²) in [5.41, 5.74) is 12.1. The van der Waals surface area contributed by atoms with E-state index in [-0.39, 0.29) is 0 Å². The Bertz CT molecular complexity index is 771. The summed E-state index contributed by atoms with van der Waals surface area (Å²) >= 11 is 0. The van der Waals surface area contributed by atoms with Gasteiger partial charge in [0.25, 0.3) is 0 Å². The highest BCUT2D eigenvalue weighted by Crippen LogP contribution is 2.30. The first-order valence-corrected chi connectivity index (χ1v) is 6.22. The Balaban J connectivity index is 2.27. The SMILES string of the molecule is Cc1cc(-c2cc3nc(C)n(C)c3cc2N)ccn1. The number of fused-ring (bicyclic) bond motifs is 1. The van der Waals surface area contributed by atoms with Crippen molar-refractivity contribution >= 4 is 16.7 Å². The van der Waals surface area contributed by atoms with Crippen molar-refractivity contribution < 1.29 is 0 Å². The van der Waals surface area contributed by atoms with Crippen molar-refractivity contribution in [2.24, 2.45) is 7.05 Å². The van der Waals surface area contributed by atoms with Gasteiger partial charge in [0, 0.05) is 30.2 Å². The van der Waals surface area contributed by atoms with Crippen molar-refractivity contribution in [1.29, 1.82) is 0 Å². The smallest absolute Gasteiger partial charge is 0.106 e. The number of aryl methyl sites for hydroxylation is 3. The van der Waals surface area contributed by atoms with Gasteiger partial charge in [0.1, 0.15) is 5.82 Å². The van der Waals surface area contributed by atoms with Gasteiger partial charge in [-0.1, -0.05) is 0 Å². The number of benzene rings is 1. The molecule has 0 bridgehead atoms. The molecule has 4 nitrogen and oxygen atoms in total. The fourth-order valence-electron chi connectivity index (χ4n) is 2.34. The normalized spacial score (nSPS) is 11.1. The van der Waals surface area contributed by atoms with E-state index in [9.17, 15) is 0 Å². The Morgan fingerprint density at radius 2 is 1.95 bits per heavy atom. The lowest BCUT2D eigenvalue weighted by Crippen LogP contribution is -1.94. The van der Waals surface area contributed by atoms with Crippen LogP contribution >= 0.6 is 0 Å². The number of nitrogens with two attached hydrogens (primary N) is 1. The molecule has 0 unspecified atom stereocenters. The Hall–Kier alpha value is -2.36. The maximum Gasteiger partial charge on any atom is 0.106 e. The second-order valence-corrected chi connectivity index (χ2v) is 4.83. The predicted octanol–water partition coefficient (Wildman–Crippen LogP) is 2.83. The minimum Gasteiger partial charge on any atom is -0.398 e. The molecule has 4 heteroatoms. The molecule has 0 radical (unpaired) electrons. The third-order valence-electron chi connectivity index (χ3n) is 3.48. The Kier molecular flexibility index (Phi) is 2.52. The third kappa shape index (κ3) is 1.85. The van der Waals surface area contributed by atoms with Gasteiger partial charge in [-0.15, -0.1) is 0 Å².